The zero-order chi connectivity index (χ0) is 17.3. The van der Waals surface area contributed by atoms with E-state index in [1.54, 1.807) is 6.20 Å². The topological polar surface area (TPSA) is 51.2 Å². The Kier molecular flexibility index (Phi) is 6.57. The molecule has 4 heteroatoms. The maximum absolute atomic E-state index is 12.5. The highest BCUT2D eigenvalue weighted by atomic mass is 16.5. The number of rotatable bonds is 7. The molecular weight excluding hydrogens is 312 g/mol. The second-order valence-corrected chi connectivity index (χ2v) is 6.62. The number of pyridine rings is 1. The Labute approximate surface area is 149 Å². The van der Waals surface area contributed by atoms with Crippen LogP contribution in [0.2, 0.25) is 0 Å². The van der Waals surface area contributed by atoms with Gasteiger partial charge in [0.05, 0.1) is 6.04 Å². The minimum Gasteiger partial charge on any atom is -0.381 e. The molecule has 1 N–H and O–H groups in total. The van der Waals surface area contributed by atoms with E-state index in [1.165, 1.54) is 5.56 Å². The lowest BCUT2D eigenvalue weighted by molar-refractivity contribution is -0.122. The molecule has 0 aliphatic carbocycles. The molecular formula is C21H26N2O2. The Hall–Kier alpha value is -2.20. The number of hydrogen-bond donors (Lipinski definition) is 1. The van der Waals surface area contributed by atoms with Gasteiger partial charge in [-0.05, 0) is 48.8 Å². The molecule has 1 aliphatic heterocycles. The van der Waals surface area contributed by atoms with Gasteiger partial charge in [0.2, 0.25) is 5.91 Å². The summed E-state index contributed by atoms with van der Waals surface area (Å²) < 4.78 is 5.48. The van der Waals surface area contributed by atoms with E-state index >= 15 is 0 Å². The molecule has 1 amide bonds. The summed E-state index contributed by atoms with van der Waals surface area (Å²) in [5, 5.41) is 3.25. The quantitative estimate of drug-likeness (QED) is 0.838. The summed E-state index contributed by atoms with van der Waals surface area (Å²) in [4.78, 5) is 16.7. The van der Waals surface area contributed by atoms with Crippen molar-refractivity contribution in [3.63, 3.8) is 0 Å². The molecule has 1 aliphatic rings. The molecule has 0 spiro atoms. The van der Waals surface area contributed by atoms with Crippen molar-refractivity contribution in [1.82, 2.24) is 10.3 Å². The SMILES string of the molecule is O=C(CCCc1ccccc1)NC(c1cccnc1)C1CCOCC1. The van der Waals surface area contributed by atoms with Crippen LogP contribution in [0.1, 0.15) is 42.9 Å². The lowest BCUT2D eigenvalue weighted by Crippen LogP contribution is -2.36. The summed E-state index contributed by atoms with van der Waals surface area (Å²) in [6.45, 7) is 1.54. The highest BCUT2D eigenvalue weighted by molar-refractivity contribution is 5.76. The van der Waals surface area contributed by atoms with Gasteiger partial charge in [-0.2, -0.15) is 0 Å². The highest BCUT2D eigenvalue weighted by Crippen LogP contribution is 2.29. The molecule has 2 heterocycles. The normalized spacial score (nSPS) is 16.3. The number of ether oxygens (including phenoxy) is 1. The van der Waals surface area contributed by atoms with Gasteiger partial charge < -0.3 is 10.1 Å². The zero-order valence-electron chi connectivity index (χ0n) is 14.6. The van der Waals surface area contributed by atoms with Gasteiger partial charge in [0, 0.05) is 32.0 Å². The molecule has 3 rings (SSSR count). The number of carbonyl (C=O) groups is 1. The number of carbonyl (C=O) groups excluding carboxylic acids is 1. The number of nitrogens with one attached hydrogen (secondary N) is 1. The summed E-state index contributed by atoms with van der Waals surface area (Å²) >= 11 is 0. The predicted molar refractivity (Wildman–Crippen MR) is 98.0 cm³/mol. The number of aryl methyl sites for hydroxylation is 1. The molecule has 132 valence electrons. The largest absolute Gasteiger partial charge is 0.381 e. The van der Waals surface area contributed by atoms with Crippen LogP contribution in [-0.4, -0.2) is 24.1 Å². The van der Waals surface area contributed by atoms with Crippen LogP contribution in [-0.2, 0) is 16.0 Å². The average Bonchev–Trinajstić information content (AvgIpc) is 2.68. The number of aromatic nitrogens is 1. The Morgan fingerprint density at radius 1 is 1.16 bits per heavy atom. The van der Waals surface area contributed by atoms with Gasteiger partial charge in [0.25, 0.3) is 0 Å². The van der Waals surface area contributed by atoms with Crippen molar-refractivity contribution in [2.24, 2.45) is 5.92 Å². The molecule has 4 nitrogen and oxygen atoms in total. The molecule has 2 aromatic rings. The van der Waals surface area contributed by atoms with Crippen LogP contribution in [0.15, 0.2) is 54.9 Å². The van der Waals surface area contributed by atoms with Crippen LogP contribution in [0.4, 0.5) is 0 Å². The summed E-state index contributed by atoms with van der Waals surface area (Å²) in [7, 11) is 0. The molecule has 1 aromatic heterocycles. The highest BCUT2D eigenvalue weighted by Gasteiger charge is 2.26. The smallest absolute Gasteiger partial charge is 0.220 e. The molecule has 1 unspecified atom stereocenters. The van der Waals surface area contributed by atoms with Gasteiger partial charge in [-0.3, -0.25) is 9.78 Å². The van der Waals surface area contributed by atoms with Crippen LogP contribution in [0.3, 0.4) is 0 Å². The number of nitrogens with zero attached hydrogens (tertiary/aromatic N) is 1. The van der Waals surface area contributed by atoms with E-state index in [4.69, 9.17) is 4.74 Å². The average molecular weight is 338 g/mol. The van der Waals surface area contributed by atoms with Crippen molar-refractivity contribution in [2.45, 2.75) is 38.1 Å². The maximum atomic E-state index is 12.5. The summed E-state index contributed by atoms with van der Waals surface area (Å²) in [6, 6.07) is 14.3. The van der Waals surface area contributed by atoms with Crippen molar-refractivity contribution in [2.75, 3.05) is 13.2 Å². The van der Waals surface area contributed by atoms with Gasteiger partial charge in [0.15, 0.2) is 0 Å². The van der Waals surface area contributed by atoms with E-state index in [2.05, 4.69) is 28.5 Å². The van der Waals surface area contributed by atoms with Crippen LogP contribution >= 0.6 is 0 Å². The minimum atomic E-state index is 0.0295. The van der Waals surface area contributed by atoms with Crippen molar-refractivity contribution < 1.29 is 9.53 Å². The van der Waals surface area contributed by atoms with Gasteiger partial charge >= 0.3 is 0 Å². The number of hydrogen-bond acceptors (Lipinski definition) is 3. The summed E-state index contributed by atoms with van der Waals surface area (Å²) in [5.41, 5.74) is 2.37. The van der Waals surface area contributed by atoms with Crippen LogP contribution in [0.25, 0.3) is 0 Å². The van der Waals surface area contributed by atoms with Crippen molar-refractivity contribution in [3.05, 3.63) is 66.0 Å². The minimum absolute atomic E-state index is 0.0295. The van der Waals surface area contributed by atoms with E-state index in [1.807, 2.05) is 30.5 Å². The van der Waals surface area contributed by atoms with Gasteiger partial charge in [-0.25, -0.2) is 0 Å². The van der Waals surface area contributed by atoms with E-state index < -0.39 is 0 Å². The molecule has 1 saturated heterocycles. The van der Waals surface area contributed by atoms with Crippen LogP contribution in [0, 0.1) is 5.92 Å². The molecule has 1 aromatic carbocycles. The molecule has 1 fully saturated rings. The van der Waals surface area contributed by atoms with Gasteiger partial charge in [0.1, 0.15) is 0 Å². The lowest BCUT2D eigenvalue weighted by atomic mass is 9.87. The first kappa shape index (κ1) is 17.6. The molecule has 1 atom stereocenters. The second-order valence-electron chi connectivity index (χ2n) is 6.62. The second kappa shape index (κ2) is 9.33. The summed E-state index contributed by atoms with van der Waals surface area (Å²) in [5.74, 6) is 0.535. The summed E-state index contributed by atoms with van der Waals surface area (Å²) in [6.07, 6.45) is 7.94. The van der Waals surface area contributed by atoms with Crippen LogP contribution < -0.4 is 5.32 Å². The zero-order valence-corrected chi connectivity index (χ0v) is 14.6. The van der Waals surface area contributed by atoms with E-state index in [0.717, 1.165) is 44.5 Å². The molecule has 0 saturated carbocycles. The monoisotopic (exact) mass is 338 g/mol. The maximum Gasteiger partial charge on any atom is 0.220 e. The van der Waals surface area contributed by atoms with Crippen molar-refractivity contribution in [3.8, 4) is 0 Å². The Bertz CT molecular complexity index is 639. The van der Waals surface area contributed by atoms with Gasteiger partial charge in [-0.15, -0.1) is 0 Å². The fourth-order valence-electron chi connectivity index (χ4n) is 3.43. The third-order valence-corrected chi connectivity index (χ3v) is 4.81. The molecule has 0 bridgehead atoms. The van der Waals surface area contributed by atoms with E-state index in [-0.39, 0.29) is 11.9 Å². The van der Waals surface area contributed by atoms with E-state index in [9.17, 15) is 4.79 Å². The third kappa shape index (κ3) is 5.40. The van der Waals surface area contributed by atoms with Gasteiger partial charge in [-0.1, -0.05) is 36.4 Å². The first-order valence-electron chi connectivity index (χ1n) is 9.14. The van der Waals surface area contributed by atoms with Crippen molar-refractivity contribution in [1.29, 1.82) is 0 Å². The number of amides is 1. The third-order valence-electron chi connectivity index (χ3n) is 4.81. The predicted octanol–water partition coefficient (Wildman–Crippen LogP) is 3.69. The number of benzene rings is 1. The fourth-order valence-corrected chi connectivity index (χ4v) is 3.43. The first-order chi connectivity index (χ1) is 12.3. The Morgan fingerprint density at radius 3 is 2.68 bits per heavy atom. The standard InChI is InChI=1S/C21H26N2O2/c24-20(10-4-8-17-6-2-1-3-7-17)23-21(18-11-14-25-15-12-18)19-9-5-13-22-16-19/h1-3,5-7,9,13,16,18,21H,4,8,10-12,14-15H2,(H,23,24). The molecule has 0 radical (unpaired) electrons. The fraction of sp³-hybridized carbons (Fsp3) is 0.429. The Morgan fingerprint density at radius 2 is 1.96 bits per heavy atom. The van der Waals surface area contributed by atoms with Crippen LogP contribution in [0.5, 0.6) is 0 Å². The van der Waals surface area contributed by atoms with E-state index in [0.29, 0.717) is 12.3 Å². The Balaban J connectivity index is 1.56. The molecule has 25 heavy (non-hydrogen) atoms. The first-order valence-corrected chi connectivity index (χ1v) is 9.14. The lowest BCUT2D eigenvalue weighted by Gasteiger charge is -2.31. The van der Waals surface area contributed by atoms with Crippen molar-refractivity contribution >= 4 is 5.91 Å².